The van der Waals surface area contributed by atoms with Crippen molar-refractivity contribution in [1.82, 2.24) is 5.32 Å². The molecule has 0 spiro atoms. The van der Waals surface area contributed by atoms with Crippen molar-refractivity contribution in [2.24, 2.45) is 5.41 Å². The number of nitrogens with one attached hydrogen (secondary N) is 1. The van der Waals surface area contributed by atoms with E-state index in [4.69, 9.17) is 11.6 Å². The lowest BCUT2D eigenvalue weighted by molar-refractivity contribution is -0.118. The van der Waals surface area contributed by atoms with Crippen LogP contribution in [-0.2, 0) is 14.8 Å². The van der Waals surface area contributed by atoms with Crippen LogP contribution >= 0.6 is 11.6 Å². The number of rotatable bonds is 5. The van der Waals surface area contributed by atoms with Crippen LogP contribution in [0.15, 0.2) is 53.4 Å². The van der Waals surface area contributed by atoms with Gasteiger partial charge in [-0.25, -0.2) is 8.42 Å². The van der Waals surface area contributed by atoms with E-state index in [1.165, 1.54) is 4.31 Å². The summed E-state index contributed by atoms with van der Waals surface area (Å²) in [5.41, 5.74) is 1.51. The normalized spacial score (nSPS) is 16.0. The van der Waals surface area contributed by atoms with Crippen LogP contribution in [0.2, 0.25) is 5.02 Å². The quantitative estimate of drug-likeness (QED) is 0.613. The van der Waals surface area contributed by atoms with Gasteiger partial charge in [0.25, 0.3) is 15.9 Å². The molecule has 32 heavy (non-hydrogen) atoms. The highest BCUT2D eigenvalue weighted by Gasteiger charge is 2.42. The van der Waals surface area contributed by atoms with E-state index < -0.39 is 21.5 Å². The van der Waals surface area contributed by atoms with Crippen molar-refractivity contribution in [3.63, 3.8) is 0 Å². The van der Waals surface area contributed by atoms with Crippen molar-refractivity contribution in [2.45, 2.75) is 53.5 Å². The monoisotopic (exact) mass is 474 g/mol. The number of nitrogens with zero attached hydrogens (tertiary/aromatic N) is 1. The largest absolute Gasteiger partial charge is 0.346 e. The molecule has 1 N–H and O–H groups in total. The van der Waals surface area contributed by atoms with Crippen molar-refractivity contribution in [3.05, 3.63) is 69.6 Å². The zero-order valence-corrected chi connectivity index (χ0v) is 21.1. The van der Waals surface area contributed by atoms with Crippen LogP contribution in [-0.4, -0.2) is 26.4 Å². The molecule has 1 aliphatic heterocycles. The summed E-state index contributed by atoms with van der Waals surface area (Å²) in [6, 6.07) is 14.2. The van der Waals surface area contributed by atoms with Gasteiger partial charge in [-0.1, -0.05) is 62.7 Å². The summed E-state index contributed by atoms with van der Waals surface area (Å²) in [6.45, 7) is 12.0. The molecular formula is C25H31ClN2O3S. The third kappa shape index (κ3) is 4.86. The van der Waals surface area contributed by atoms with E-state index in [0.717, 1.165) is 0 Å². The van der Waals surface area contributed by atoms with Crippen LogP contribution in [0.1, 0.15) is 59.1 Å². The Morgan fingerprint density at radius 1 is 1.03 bits per heavy atom. The molecule has 0 saturated heterocycles. The number of fused-ring (bicyclic) bond motifs is 1. The fourth-order valence-electron chi connectivity index (χ4n) is 4.61. The highest BCUT2D eigenvalue weighted by Crippen LogP contribution is 2.44. The number of sulfonamides is 1. The molecule has 0 fully saturated rings. The molecule has 1 aliphatic rings. The van der Waals surface area contributed by atoms with E-state index in [9.17, 15) is 13.2 Å². The van der Waals surface area contributed by atoms with Crippen LogP contribution in [0.3, 0.4) is 0 Å². The van der Waals surface area contributed by atoms with Crippen LogP contribution in [0, 0.1) is 5.41 Å². The summed E-state index contributed by atoms with van der Waals surface area (Å²) in [5, 5.41) is 3.46. The SMILES string of the molecule is CCN1c2ccc(Cl)cc2C(c2ccccc2)=C(C(=O)NC(C)(C)CC(C)(C)C)S1(=O)=O. The van der Waals surface area contributed by atoms with Gasteiger partial charge in [0.1, 0.15) is 0 Å². The molecule has 1 amide bonds. The first-order valence-corrected chi connectivity index (χ1v) is 12.5. The average molecular weight is 475 g/mol. The molecule has 0 saturated carbocycles. The second-order valence-corrected chi connectivity index (χ2v) is 12.2. The molecule has 0 unspecified atom stereocenters. The number of benzene rings is 2. The summed E-state index contributed by atoms with van der Waals surface area (Å²) in [6.07, 6.45) is 0.680. The average Bonchev–Trinajstić information content (AvgIpc) is 2.65. The second-order valence-electron chi connectivity index (χ2n) is 9.98. The minimum Gasteiger partial charge on any atom is -0.346 e. The first kappa shape index (κ1) is 24.3. The van der Waals surface area contributed by atoms with E-state index in [2.05, 4.69) is 26.1 Å². The van der Waals surface area contributed by atoms with E-state index in [0.29, 0.717) is 33.8 Å². The molecule has 2 aromatic carbocycles. The van der Waals surface area contributed by atoms with Crippen LogP contribution in [0.4, 0.5) is 5.69 Å². The topological polar surface area (TPSA) is 66.5 Å². The van der Waals surface area contributed by atoms with Crippen molar-refractivity contribution < 1.29 is 13.2 Å². The zero-order valence-electron chi connectivity index (χ0n) is 19.5. The summed E-state index contributed by atoms with van der Waals surface area (Å²) in [5.74, 6) is -0.609. The van der Waals surface area contributed by atoms with Gasteiger partial charge in [-0.05, 0) is 56.4 Å². The van der Waals surface area contributed by atoms with Crippen LogP contribution in [0.25, 0.3) is 5.57 Å². The van der Waals surface area contributed by atoms with Gasteiger partial charge < -0.3 is 5.32 Å². The standard InChI is InChI=1S/C25H31ClN2O3S/c1-7-28-20-14-13-18(26)15-19(20)21(17-11-9-8-10-12-17)22(32(28,30)31)23(29)27-25(5,6)16-24(2,3)4/h8-15H,7,16H2,1-6H3,(H,27,29). The van der Waals surface area contributed by atoms with E-state index >= 15 is 0 Å². The summed E-state index contributed by atoms with van der Waals surface area (Å²) in [7, 11) is -4.10. The Kier molecular flexibility index (Phi) is 6.51. The van der Waals surface area contributed by atoms with Gasteiger partial charge in [-0.2, -0.15) is 0 Å². The maximum Gasteiger partial charge on any atom is 0.270 e. The van der Waals surface area contributed by atoms with Crippen molar-refractivity contribution in [1.29, 1.82) is 0 Å². The lowest BCUT2D eigenvalue weighted by Crippen LogP contribution is -2.49. The molecule has 7 heteroatoms. The van der Waals surface area contributed by atoms with Gasteiger partial charge in [0.05, 0.1) is 5.69 Å². The molecule has 2 aromatic rings. The minimum absolute atomic E-state index is 0.0472. The number of anilines is 1. The lowest BCUT2D eigenvalue weighted by Gasteiger charge is -2.36. The highest BCUT2D eigenvalue weighted by atomic mass is 35.5. The Morgan fingerprint density at radius 3 is 2.22 bits per heavy atom. The molecule has 0 bridgehead atoms. The smallest absolute Gasteiger partial charge is 0.270 e. The van der Waals surface area contributed by atoms with Gasteiger partial charge in [0.2, 0.25) is 0 Å². The van der Waals surface area contributed by atoms with Crippen molar-refractivity contribution >= 4 is 38.8 Å². The third-order valence-electron chi connectivity index (χ3n) is 5.25. The Balaban J connectivity index is 2.29. The third-order valence-corrected chi connectivity index (χ3v) is 7.43. The number of carbonyl (C=O) groups is 1. The summed E-state index contributed by atoms with van der Waals surface area (Å²) < 4.78 is 28.8. The maximum absolute atomic E-state index is 13.8. The highest BCUT2D eigenvalue weighted by molar-refractivity contribution is 7.97. The van der Waals surface area contributed by atoms with E-state index in [-0.39, 0.29) is 16.9 Å². The molecular weight excluding hydrogens is 444 g/mol. The predicted octanol–water partition coefficient (Wildman–Crippen LogP) is 5.60. The maximum atomic E-state index is 13.8. The fraction of sp³-hybridized carbons (Fsp3) is 0.400. The van der Waals surface area contributed by atoms with Crippen molar-refractivity contribution in [2.75, 3.05) is 10.8 Å². The molecule has 0 aromatic heterocycles. The van der Waals surface area contributed by atoms with Gasteiger partial charge >= 0.3 is 0 Å². The molecule has 172 valence electrons. The van der Waals surface area contributed by atoms with E-state index in [1.807, 2.05) is 44.2 Å². The number of halogens is 1. The number of hydrogen-bond donors (Lipinski definition) is 1. The van der Waals surface area contributed by atoms with Gasteiger partial charge in [-0.15, -0.1) is 0 Å². The van der Waals surface area contributed by atoms with Gasteiger partial charge in [0.15, 0.2) is 4.91 Å². The Hall–Kier alpha value is -2.31. The molecule has 1 heterocycles. The Bertz CT molecular complexity index is 1160. The van der Waals surface area contributed by atoms with Gasteiger partial charge in [-0.3, -0.25) is 9.10 Å². The first-order chi connectivity index (χ1) is 14.8. The Morgan fingerprint density at radius 2 is 1.66 bits per heavy atom. The second kappa shape index (κ2) is 8.56. The summed E-state index contributed by atoms with van der Waals surface area (Å²) in [4.78, 5) is 13.4. The first-order valence-electron chi connectivity index (χ1n) is 10.7. The lowest BCUT2D eigenvalue weighted by atomic mass is 9.81. The number of carbonyl (C=O) groups excluding carboxylic acids is 1. The van der Waals surface area contributed by atoms with Crippen molar-refractivity contribution in [3.8, 4) is 0 Å². The molecule has 0 atom stereocenters. The minimum atomic E-state index is -4.10. The fourth-order valence-corrected chi connectivity index (χ4v) is 6.54. The van der Waals surface area contributed by atoms with Crippen LogP contribution in [0.5, 0.6) is 0 Å². The number of amides is 1. The van der Waals surface area contributed by atoms with Crippen LogP contribution < -0.4 is 9.62 Å². The number of hydrogen-bond acceptors (Lipinski definition) is 3. The molecule has 5 nitrogen and oxygen atoms in total. The molecule has 0 aliphatic carbocycles. The molecule has 3 rings (SSSR count). The van der Waals surface area contributed by atoms with Gasteiger partial charge in [0, 0.05) is 28.2 Å². The molecule has 0 radical (unpaired) electrons. The van der Waals surface area contributed by atoms with E-state index in [1.54, 1.807) is 25.1 Å². The summed E-state index contributed by atoms with van der Waals surface area (Å²) >= 11 is 6.31. The zero-order chi connectivity index (χ0) is 23.9. The Labute approximate surface area is 196 Å². The predicted molar refractivity (Wildman–Crippen MR) is 132 cm³/mol.